The molecule has 12 heteroatoms. The number of nitrogens with zero attached hydrogens (tertiary/aromatic N) is 1. The molecule has 0 spiro atoms. The number of benzene rings is 2. The zero-order valence-corrected chi connectivity index (χ0v) is 20.4. The quantitative estimate of drug-likeness (QED) is 0.195. The van der Waals surface area contributed by atoms with Crippen LogP contribution in [0.3, 0.4) is 0 Å². The van der Waals surface area contributed by atoms with Crippen molar-refractivity contribution in [2.24, 2.45) is 10.7 Å². The van der Waals surface area contributed by atoms with Crippen molar-refractivity contribution in [2.75, 3.05) is 20.7 Å². The molecule has 2 aromatic rings. The molecule has 0 radical (unpaired) electrons. The number of nitrogens with one attached hydrogen (secondary N) is 3. The number of hydrogen-bond donors (Lipinski definition) is 4. The summed E-state index contributed by atoms with van der Waals surface area (Å²) in [6.45, 7) is -2.62. The molecular formula is C21H26F2IN5O4. The normalized spacial score (nSPS) is 10.8. The Bertz CT molecular complexity index is 958. The molecule has 0 saturated carbocycles. The summed E-state index contributed by atoms with van der Waals surface area (Å²) in [6, 6.07) is 11.3. The molecule has 0 fully saturated rings. The predicted octanol–water partition coefficient (Wildman–Crippen LogP) is 1.99. The molecule has 33 heavy (non-hydrogen) atoms. The molecule has 0 unspecified atom stereocenters. The Morgan fingerprint density at radius 3 is 2.30 bits per heavy atom. The minimum atomic E-state index is -2.94. The van der Waals surface area contributed by atoms with Gasteiger partial charge in [-0.3, -0.25) is 14.6 Å². The van der Waals surface area contributed by atoms with E-state index in [2.05, 4.69) is 25.7 Å². The van der Waals surface area contributed by atoms with Gasteiger partial charge < -0.3 is 31.2 Å². The van der Waals surface area contributed by atoms with Crippen LogP contribution in [0.2, 0.25) is 0 Å². The highest BCUT2D eigenvalue weighted by Gasteiger charge is 2.12. The highest BCUT2D eigenvalue weighted by Crippen LogP contribution is 2.25. The maximum Gasteiger partial charge on any atom is 0.387 e. The second-order valence-corrected chi connectivity index (χ2v) is 6.48. The number of nitrogens with two attached hydrogens (primary N) is 1. The summed E-state index contributed by atoms with van der Waals surface area (Å²) in [4.78, 5) is 26.8. The Kier molecular flexibility index (Phi) is 11.9. The monoisotopic (exact) mass is 577 g/mol. The molecule has 2 rings (SSSR count). The van der Waals surface area contributed by atoms with E-state index in [0.29, 0.717) is 29.4 Å². The molecule has 0 heterocycles. The molecule has 0 atom stereocenters. The first-order valence-corrected chi connectivity index (χ1v) is 9.54. The fourth-order valence-electron chi connectivity index (χ4n) is 2.66. The number of carbonyl (C=O) groups is 2. The van der Waals surface area contributed by atoms with Gasteiger partial charge in [0, 0.05) is 31.3 Å². The smallest absolute Gasteiger partial charge is 0.387 e. The van der Waals surface area contributed by atoms with E-state index in [-0.39, 0.29) is 42.8 Å². The van der Waals surface area contributed by atoms with Gasteiger partial charge in [0.1, 0.15) is 11.5 Å². The molecule has 2 amide bonds. The number of hydrogen-bond acceptors (Lipinski definition) is 5. The Balaban J connectivity index is 0.00000544. The van der Waals surface area contributed by atoms with Crippen molar-refractivity contribution < 1.29 is 27.8 Å². The standard InChI is InChI=1S/C21H25F2N5O4.HI/c1-25-21(28-11-15-9-16(31-2)7-8-17(15)32-20(22)23)27-10-13-3-5-14(6-4-13)19(30)26-12-18(24)29;/h3-9,20H,10-12H2,1-2H3,(H2,24,29)(H,26,30)(H2,25,27,28);1H. The third-order valence-corrected chi connectivity index (χ3v) is 4.25. The molecule has 9 nitrogen and oxygen atoms in total. The number of ether oxygens (including phenoxy) is 2. The van der Waals surface area contributed by atoms with Gasteiger partial charge in [0.2, 0.25) is 5.91 Å². The van der Waals surface area contributed by atoms with E-state index >= 15 is 0 Å². The fraction of sp³-hybridized carbons (Fsp3) is 0.286. The number of methoxy groups -OCH3 is 1. The van der Waals surface area contributed by atoms with Crippen molar-refractivity contribution in [1.82, 2.24) is 16.0 Å². The van der Waals surface area contributed by atoms with Gasteiger partial charge in [-0.1, -0.05) is 12.1 Å². The van der Waals surface area contributed by atoms with Gasteiger partial charge in [-0.15, -0.1) is 24.0 Å². The van der Waals surface area contributed by atoms with Crippen LogP contribution in [0.1, 0.15) is 21.5 Å². The van der Waals surface area contributed by atoms with Crippen molar-refractivity contribution in [2.45, 2.75) is 19.7 Å². The van der Waals surface area contributed by atoms with E-state index in [1.165, 1.54) is 19.2 Å². The van der Waals surface area contributed by atoms with Crippen LogP contribution in [0.15, 0.2) is 47.5 Å². The topological polar surface area (TPSA) is 127 Å². The molecule has 0 aromatic heterocycles. The van der Waals surface area contributed by atoms with E-state index in [4.69, 9.17) is 10.5 Å². The zero-order chi connectivity index (χ0) is 23.5. The minimum Gasteiger partial charge on any atom is -0.497 e. The Hall–Kier alpha value is -3.16. The van der Waals surface area contributed by atoms with Crippen LogP contribution in [-0.2, 0) is 17.9 Å². The van der Waals surface area contributed by atoms with Gasteiger partial charge in [-0.05, 0) is 35.9 Å². The van der Waals surface area contributed by atoms with Crippen molar-refractivity contribution in [3.8, 4) is 11.5 Å². The predicted molar refractivity (Wildman–Crippen MR) is 130 cm³/mol. The van der Waals surface area contributed by atoms with Crippen molar-refractivity contribution >= 4 is 41.8 Å². The number of rotatable bonds is 10. The van der Waals surface area contributed by atoms with Gasteiger partial charge in [0.25, 0.3) is 5.91 Å². The minimum absolute atomic E-state index is 0. The molecule has 0 aliphatic carbocycles. The number of amides is 2. The van der Waals surface area contributed by atoms with Crippen LogP contribution in [0.25, 0.3) is 0 Å². The summed E-state index contributed by atoms with van der Waals surface area (Å²) in [5.74, 6) is -0.0554. The van der Waals surface area contributed by atoms with Crippen LogP contribution in [0.4, 0.5) is 8.78 Å². The molecule has 0 saturated heterocycles. The average Bonchev–Trinajstić information content (AvgIpc) is 2.78. The van der Waals surface area contributed by atoms with E-state index in [0.717, 1.165) is 5.56 Å². The summed E-state index contributed by atoms with van der Waals surface area (Å²) in [5, 5.41) is 8.53. The van der Waals surface area contributed by atoms with Gasteiger partial charge in [-0.2, -0.15) is 8.78 Å². The first-order chi connectivity index (χ1) is 15.3. The highest BCUT2D eigenvalue weighted by molar-refractivity contribution is 14.0. The number of primary amides is 1. The number of aliphatic imine (C=N–C) groups is 1. The SMILES string of the molecule is CN=C(NCc1ccc(C(=O)NCC(N)=O)cc1)NCc1cc(OC)ccc1OC(F)F.I. The maximum absolute atomic E-state index is 12.7. The number of carbonyl (C=O) groups excluding carboxylic acids is 2. The number of guanidine groups is 1. The van der Waals surface area contributed by atoms with Crippen LogP contribution >= 0.6 is 24.0 Å². The van der Waals surface area contributed by atoms with Crippen molar-refractivity contribution in [1.29, 1.82) is 0 Å². The summed E-state index contributed by atoms with van der Waals surface area (Å²) < 4.78 is 35.0. The van der Waals surface area contributed by atoms with Crippen LogP contribution in [0, 0.1) is 0 Å². The third-order valence-electron chi connectivity index (χ3n) is 4.25. The van der Waals surface area contributed by atoms with Gasteiger partial charge in [0.15, 0.2) is 5.96 Å². The van der Waals surface area contributed by atoms with E-state index in [1.807, 2.05) is 0 Å². The van der Waals surface area contributed by atoms with Gasteiger partial charge >= 0.3 is 6.61 Å². The Morgan fingerprint density at radius 2 is 1.73 bits per heavy atom. The lowest BCUT2D eigenvalue weighted by Crippen LogP contribution is -2.36. The first kappa shape index (κ1) is 27.9. The van der Waals surface area contributed by atoms with Crippen LogP contribution in [0.5, 0.6) is 11.5 Å². The van der Waals surface area contributed by atoms with Crippen LogP contribution in [-0.4, -0.2) is 45.1 Å². The summed E-state index contributed by atoms with van der Waals surface area (Å²) in [5.41, 5.74) is 6.73. The van der Waals surface area contributed by atoms with E-state index < -0.39 is 18.4 Å². The highest BCUT2D eigenvalue weighted by atomic mass is 127. The number of alkyl halides is 2. The van der Waals surface area contributed by atoms with E-state index in [1.54, 1.807) is 37.4 Å². The van der Waals surface area contributed by atoms with Crippen LogP contribution < -0.4 is 31.2 Å². The van der Waals surface area contributed by atoms with E-state index in [9.17, 15) is 18.4 Å². The van der Waals surface area contributed by atoms with Gasteiger partial charge in [-0.25, -0.2) is 0 Å². The molecule has 2 aromatic carbocycles. The second-order valence-electron chi connectivity index (χ2n) is 6.48. The number of halogens is 3. The molecule has 0 aliphatic rings. The lowest BCUT2D eigenvalue weighted by atomic mass is 10.1. The summed E-state index contributed by atoms with van der Waals surface area (Å²) in [6.07, 6.45) is 0. The molecular weight excluding hydrogens is 551 g/mol. The second kappa shape index (κ2) is 14.1. The maximum atomic E-state index is 12.7. The zero-order valence-electron chi connectivity index (χ0n) is 18.1. The fourth-order valence-corrected chi connectivity index (χ4v) is 2.66. The van der Waals surface area contributed by atoms with Gasteiger partial charge in [0.05, 0.1) is 13.7 Å². The molecule has 0 aliphatic heterocycles. The molecule has 0 bridgehead atoms. The third kappa shape index (κ3) is 9.47. The lowest BCUT2D eigenvalue weighted by Gasteiger charge is -2.15. The Labute approximate surface area is 207 Å². The lowest BCUT2D eigenvalue weighted by molar-refractivity contribution is -0.117. The van der Waals surface area contributed by atoms with Crippen molar-refractivity contribution in [3.05, 3.63) is 59.2 Å². The summed E-state index contributed by atoms with van der Waals surface area (Å²) in [7, 11) is 3.05. The summed E-state index contributed by atoms with van der Waals surface area (Å²) >= 11 is 0. The molecule has 180 valence electrons. The Morgan fingerprint density at radius 1 is 1.06 bits per heavy atom. The average molecular weight is 577 g/mol. The largest absolute Gasteiger partial charge is 0.497 e. The van der Waals surface area contributed by atoms with Crippen molar-refractivity contribution in [3.63, 3.8) is 0 Å². The first-order valence-electron chi connectivity index (χ1n) is 9.54. The molecule has 5 N–H and O–H groups in total.